The van der Waals surface area contributed by atoms with E-state index in [1.54, 1.807) is 18.2 Å². The van der Waals surface area contributed by atoms with Crippen molar-refractivity contribution >= 4 is 11.9 Å². The first-order valence-corrected chi connectivity index (χ1v) is 6.40. The number of nitrogens with zero attached hydrogens (tertiary/aromatic N) is 1. The summed E-state index contributed by atoms with van der Waals surface area (Å²) in [6.07, 6.45) is -4.51. The number of amides is 1. The molecule has 7 heteroatoms. The molecule has 116 valence electrons. The largest absolute Gasteiger partial charge is 0.478 e. The van der Waals surface area contributed by atoms with Gasteiger partial charge in [-0.15, -0.1) is 0 Å². The molecule has 0 unspecified atom stereocenters. The molecule has 1 aromatic carbocycles. The van der Waals surface area contributed by atoms with Gasteiger partial charge in [0.25, 0.3) is 0 Å². The van der Waals surface area contributed by atoms with E-state index < -0.39 is 24.6 Å². The molecule has 0 bridgehead atoms. The summed E-state index contributed by atoms with van der Waals surface area (Å²) >= 11 is 0. The number of carboxylic acid groups (broad SMARTS) is 1. The summed E-state index contributed by atoms with van der Waals surface area (Å²) in [6, 6.07) is 6.13. The van der Waals surface area contributed by atoms with E-state index in [1.807, 2.05) is 0 Å². The molecule has 0 aliphatic heterocycles. The van der Waals surface area contributed by atoms with Crippen molar-refractivity contribution in [2.24, 2.45) is 0 Å². The average Bonchev–Trinajstić information content (AvgIpc) is 2.41. The number of hydrogen-bond acceptors (Lipinski definition) is 2. The maximum absolute atomic E-state index is 12.3. The van der Waals surface area contributed by atoms with Gasteiger partial charge in [0.2, 0.25) is 5.91 Å². The Labute approximate surface area is 120 Å². The average molecular weight is 303 g/mol. The maximum Gasteiger partial charge on any atom is 0.406 e. The van der Waals surface area contributed by atoms with Gasteiger partial charge in [-0.05, 0) is 25.0 Å². The van der Waals surface area contributed by atoms with Gasteiger partial charge >= 0.3 is 12.1 Å². The Bertz CT molecular complexity index is 514. The van der Waals surface area contributed by atoms with E-state index in [1.165, 1.54) is 13.0 Å². The van der Waals surface area contributed by atoms with Gasteiger partial charge in [0.1, 0.15) is 6.54 Å². The molecule has 0 fully saturated rings. The number of carboxylic acids is 1. The van der Waals surface area contributed by atoms with Gasteiger partial charge in [-0.2, -0.15) is 13.2 Å². The fraction of sp³-hybridized carbons (Fsp3) is 0.429. The number of aromatic carboxylic acids is 1. The van der Waals surface area contributed by atoms with Gasteiger partial charge in [-0.3, -0.25) is 4.79 Å². The number of hydrogen-bond donors (Lipinski definition) is 1. The van der Waals surface area contributed by atoms with E-state index in [9.17, 15) is 22.8 Å². The van der Waals surface area contributed by atoms with Gasteiger partial charge in [0.05, 0.1) is 5.56 Å². The molecule has 1 aromatic rings. The zero-order valence-electron chi connectivity index (χ0n) is 11.5. The second kappa shape index (κ2) is 7.10. The molecule has 0 spiro atoms. The second-order valence-electron chi connectivity index (χ2n) is 4.49. The summed E-state index contributed by atoms with van der Waals surface area (Å²) in [4.78, 5) is 23.5. The van der Waals surface area contributed by atoms with Crippen molar-refractivity contribution in [1.29, 1.82) is 0 Å². The van der Waals surface area contributed by atoms with Crippen LogP contribution in [0.1, 0.15) is 29.3 Å². The summed E-state index contributed by atoms with van der Waals surface area (Å²) in [5.41, 5.74) is 0.491. The first kappa shape index (κ1) is 17.0. The summed E-state index contributed by atoms with van der Waals surface area (Å²) in [5.74, 6) is -1.77. The molecule has 0 saturated heterocycles. The lowest BCUT2D eigenvalue weighted by Gasteiger charge is -2.22. The monoisotopic (exact) mass is 303 g/mol. The Morgan fingerprint density at radius 2 is 1.86 bits per heavy atom. The zero-order chi connectivity index (χ0) is 16.0. The summed E-state index contributed by atoms with van der Waals surface area (Å²) < 4.78 is 36.9. The van der Waals surface area contributed by atoms with Crippen molar-refractivity contribution < 1.29 is 27.9 Å². The Morgan fingerprint density at radius 3 is 2.38 bits per heavy atom. The molecule has 0 atom stereocenters. The molecule has 1 amide bonds. The highest BCUT2D eigenvalue weighted by atomic mass is 19.4. The van der Waals surface area contributed by atoms with E-state index in [4.69, 9.17) is 5.11 Å². The second-order valence-corrected chi connectivity index (χ2v) is 4.49. The van der Waals surface area contributed by atoms with Crippen molar-refractivity contribution in [2.45, 2.75) is 25.9 Å². The van der Waals surface area contributed by atoms with Crippen LogP contribution in [0.4, 0.5) is 13.2 Å². The fourth-order valence-electron chi connectivity index (χ4n) is 1.94. The van der Waals surface area contributed by atoms with Gasteiger partial charge < -0.3 is 10.0 Å². The number of benzene rings is 1. The minimum absolute atomic E-state index is 0.0427. The molecular weight excluding hydrogens is 287 g/mol. The SMILES string of the molecule is CCN(CC(F)(F)F)C(=O)CCc1ccccc1C(=O)O. The Kier molecular flexibility index (Phi) is 5.75. The van der Waals surface area contributed by atoms with E-state index >= 15 is 0 Å². The van der Waals surface area contributed by atoms with Crippen molar-refractivity contribution in [3.63, 3.8) is 0 Å². The normalized spacial score (nSPS) is 11.2. The topological polar surface area (TPSA) is 57.6 Å². The highest BCUT2D eigenvalue weighted by Gasteiger charge is 2.32. The van der Waals surface area contributed by atoms with Crippen LogP contribution in [0, 0.1) is 0 Å². The number of carbonyl (C=O) groups is 2. The number of halogens is 3. The molecule has 21 heavy (non-hydrogen) atoms. The van der Waals surface area contributed by atoms with Gasteiger partial charge in [-0.1, -0.05) is 18.2 Å². The molecular formula is C14H16F3NO3. The van der Waals surface area contributed by atoms with Crippen LogP contribution < -0.4 is 0 Å². The molecule has 1 rings (SSSR count). The van der Waals surface area contributed by atoms with Crippen LogP contribution >= 0.6 is 0 Å². The number of carbonyl (C=O) groups excluding carboxylic acids is 1. The Hall–Kier alpha value is -2.05. The van der Waals surface area contributed by atoms with E-state index in [-0.39, 0.29) is 24.9 Å². The molecule has 0 aliphatic carbocycles. The summed E-state index contributed by atoms with van der Waals surface area (Å²) in [6.45, 7) is 0.136. The lowest BCUT2D eigenvalue weighted by Crippen LogP contribution is -2.38. The summed E-state index contributed by atoms with van der Waals surface area (Å²) in [7, 11) is 0. The van der Waals surface area contributed by atoms with Crippen molar-refractivity contribution in [2.75, 3.05) is 13.1 Å². The van der Waals surface area contributed by atoms with Crippen LogP contribution in [0.25, 0.3) is 0 Å². The molecule has 0 saturated carbocycles. The van der Waals surface area contributed by atoms with Crippen molar-refractivity contribution in [3.05, 3.63) is 35.4 Å². The third-order valence-electron chi connectivity index (χ3n) is 2.96. The van der Waals surface area contributed by atoms with Crippen LogP contribution in [-0.4, -0.2) is 41.1 Å². The van der Waals surface area contributed by atoms with E-state index in [2.05, 4.69) is 0 Å². The number of rotatable bonds is 6. The lowest BCUT2D eigenvalue weighted by atomic mass is 10.0. The quantitative estimate of drug-likeness (QED) is 0.879. The van der Waals surface area contributed by atoms with Crippen LogP contribution in [0.3, 0.4) is 0 Å². The first-order valence-electron chi connectivity index (χ1n) is 6.40. The molecule has 0 radical (unpaired) electrons. The van der Waals surface area contributed by atoms with E-state index in [0.29, 0.717) is 10.5 Å². The van der Waals surface area contributed by atoms with Gasteiger partial charge in [0.15, 0.2) is 0 Å². The molecule has 0 aliphatic rings. The lowest BCUT2D eigenvalue weighted by molar-refractivity contribution is -0.160. The maximum atomic E-state index is 12.3. The van der Waals surface area contributed by atoms with Crippen molar-refractivity contribution in [1.82, 2.24) is 4.90 Å². The van der Waals surface area contributed by atoms with Crippen LogP contribution in [0.2, 0.25) is 0 Å². The molecule has 0 heterocycles. The van der Waals surface area contributed by atoms with Gasteiger partial charge in [-0.25, -0.2) is 4.79 Å². The minimum Gasteiger partial charge on any atom is -0.478 e. The molecule has 4 nitrogen and oxygen atoms in total. The third kappa shape index (κ3) is 5.45. The Morgan fingerprint density at radius 1 is 1.24 bits per heavy atom. The standard InChI is InChI=1S/C14H16F3NO3/c1-2-18(9-14(15,16)17)12(19)8-7-10-5-3-4-6-11(10)13(20)21/h3-6H,2,7-9H2,1H3,(H,20,21). The van der Waals surface area contributed by atoms with Crippen LogP contribution in [0.5, 0.6) is 0 Å². The fourth-order valence-corrected chi connectivity index (χ4v) is 1.94. The van der Waals surface area contributed by atoms with Crippen LogP contribution in [0.15, 0.2) is 24.3 Å². The van der Waals surface area contributed by atoms with E-state index in [0.717, 1.165) is 0 Å². The molecule has 0 aromatic heterocycles. The molecule has 1 N–H and O–H groups in total. The predicted octanol–water partition coefficient (Wildman–Crippen LogP) is 2.73. The smallest absolute Gasteiger partial charge is 0.406 e. The Balaban J connectivity index is 2.70. The van der Waals surface area contributed by atoms with Crippen LogP contribution in [-0.2, 0) is 11.2 Å². The minimum atomic E-state index is -4.44. The first-order chi connectivity index (χ1) is 9.74. The predicted molar refractivity (Wildman–Crippen MR) is 70.0 cm³/mol. The summed E-state index contributed by atoms with van der Waals surface area (Å²) in [5, 5.41) is 8.99. The van der Waals surface area contributed by atoms with Crippen molar-refractivity contribution in [3.8, 4) is 0 Å². The highest BCUT2D eigenvalue weighted by molar-refractivity contribution is 5.89. The third-order valence-corrected chi connectivity index (χ3v) is 2.96. The number of aryl methyl sites for hydroxylation is 1. The van der Waals surface area contributed by atoms with Gasteiger partial charge in [0, 0.05) is 13.0 Å². The highest BCUT2D eigenvalue weighted by Crippen LogP contribution is 2.18. The zero-order valence-corrected chi connectivity index (χ0v) is 11.5. The number of alkyl halides is 3.